The summed E-state index contributed by atoms with van der Waals surface area (Å²) in [5.41, 5.74) is 1.99. The first-order valence-corrected chi connectivity index (χ1v) is 7.79. The van der Waals surface area contributed by atoms with Gasteiger partial charge in [-0.25, -0.2) is 0 Å². The quantitative estimate of drug-likeness (QED) is 0.872. The average Bonchev–Trinajstić information content (AvgIpc) is 2.48. The van der Waals surface area contributed by atoms with Gasteiger partial charge in [-0.3, -0.25) is 4.79 Å². The second-order valence-corrected chi connectivity index (χ2v) is 6.68. The molecule has 0 atom stereocenters. The summed E-state index contributed by atoms with van der Waals surface area (Å²) in [6, 6.07) is 7.37. The van der Waals surface area contributed by atoms with E-state index >= 15 is 0 Å². The van der Waals surface area contributed by atoms with Crippen LogP contribution in [0.15, 0.2) is 33.5 Å². The number of piperidine rings is 1. The zero-order valence-electron chi connectivity index (χ0n) is 13.5. The minimum Gasteiger partial charge on any atom is -0.440 e. The van der Waals surface area contributed by atoms with Gasteiger partial charge in [0.15, 0.2) is 11.3 Å². The van der Waals surface area contributed by atoms with Crippen molar-refractivity contribution in [3.8, 4) is 0 Å². The van der Waals surface area contributed by atoms with Crippen LogP contribution in [0.1, 0.15) is 25.3 Å². The van der Waals surface area contributed by atoms with E-state index in [0.29, 0.717) is 16.9 Å². The maximum Gasteiger partial charge on any atom is 0.199 e. The van der Waals surface area contributed by atoms with E-state index in [2.05, 4.69) is 11.8 Å². The predicted molar refractivity (Wildman–Crippen MR) is 88.7 cm³/mol. The number of nitrogens with zero attached hydrogens (tertiary/aromatic N) is 1. The lowest BCUT2D eigenvalue weighted by molar-refractivity contribution is 0.0725. The van der Waals surface area contributed by atoms with Crippen molar-refractivity contribution in [3.05, 3.63) is 40.1 Å². The Kier molecular flexibility index (Phi) is 3.96. The molecule has 2 heterocycles. The number of aryl methyl sites for hydroxylation is 1. The van der Waals surface area contributed by atoms with Crippen LogP contribution in [0, 0.1) is 12.3 Å². The van der Waals surface area contributed by atoms with Gasteiger partial charge in [-0.1, -0.05) is 18.6 Å². The maximum absolute atomic E-state index is 12.3. The van der Waals surface area contributed by atoms with Crippen molar-refractivity contribution in [1.29, 1.82) is 0 Å². The highest BCUT2D eigenvalue weighted by Crippen LogP contribution is 2.33. The van der Waals surface area contributed by atoms with Crippen LogP contribution in [0.2, 0.25) is 0 Å². The Morgan fingerprint density at radius 3 is 2.68 bits per heavy atom. The Hall–Kier alpha value is -1.81. The second kappa shape index (κ2) is 5.76. The van der Waals surface area contributed by atoms with Crippen LogP contribution in [-0.2, 0) is 4.74 Å². The summed E-state index contributed by atoms with van der Waals surface area (Å²) in [5.74, 6) is 0.681. The Balaban J connectivity index is 1.86. The third kappa shape index (κ3) is 2.88. The van der Waals surface area contributed by atoms with Crippen molar-refractivity contribution in [2.24, 2.45) is 5.41 Å². The smallest absolute Gasteiger partial charge is 0.199 e. The van der Waals surface area contributed by atoms with Crippen LogP contribution in [-0.4, -0.2) is 26.8 Å². The van der Waals surface area contributed by atoms with Gasteiger partial charge in [0.05, 0.1) is 12.0 Å². The van der Waals surface area contributed by atoms with Gasteiger partial charge in [0.1, 0.15) is 5.58 Å². The minimum absolute atomic E-state index is 0.0326. The van der Waals surface area contributed by atoms with Crippen molar-refractivity contribution in [2.45, 2.75) is 26.7 Å². The molecule has 118 valence electrons. The van der Waals surface area contributed by atoms with Gasteiger partial charge < -0.3 is 14.1 Å². The summed E-state index contributed by atoms with van der Waals surface area (Å²) in [7, 11) is 1.75. The first-order valence-electron chi connectivity index (χ1n) is 7.79. The summed E-state index contributed by atoms with van der Waals surface area (Å²) in [4.78, 5) is 14.5. The Morgan fingerprint density at radius 1 is 1.27 bits per heavy atom. The van der Waals surface area contributed by atoms with Crippen LogP contribution >= 0.6 is 0 Å². The van der Waals surface area contributed by atoms with E-state index in [1.54, 1.807) is 13.2 Å². The molecule has 4 heteroatoms. The Bertz CT molecular complexity index is 727. The lowest BCUT2D eigenvalue weighted by atomic mass is 9.81. The van der Waals surface area contributed by atoms with E-state index in [-0.39, 0.29) is 10.8 Å². The SMILES string of the molecule is COCC1(C)CCN(c2cc(=O)c3cc(C)ccc3o2)CC1. The summed E-state index contributed by atoms with van der Waals surface area (Å²) >= 11 is 0. The van der Waals surface area contributed by atoms with Gasteiger partial charge in [-0.05, 0) is 37.3 Å². The van der Waals surface area contributed by atoms with Crippen molar-refractivity contribution < 1.29 is 9.15 Å². The number of benzene rings is 1. The average molecular weight is 301 g/mol. The molecule has 3 rings (SSSR count). The molecular weight excluding hydrogens is 278 g/mol. The lowest BCUT2D eigenvalue weighted by Gasteiger charge is -2.39. The van der Waals surface area contributed by atoms with Gasteiger partial charge in [-0.15, -0.1) is 0 Å². The second-order valence-electron chi connectivity index (χ2n) is 6.68. The molecule has 0 unspecified atom stereocenters. The van der Waals surface area contributed by atoms with E-state index in [1.165, 1.54) is 0 Å². The molecule has 0 bridgehead atoms. The van der Waals surface area contributed by atoms with Crippen molar-refractivity contribution in [1.82, 2.24) is 0 Å². The molecule has 0 spiro atoms. The molecule has 1 aliphatic heterocycles. The van der Waals surface area contributed by atoms with Crippen LogP contribution in [0.3, 0.4) is 0 Å². The third-order valence-electron chi connectivity index (χ3n) is 4.64. The van der Waals surface area contributed by atoms with Gasteiger partial charge in [0.2, 0.25) is 0 Å². The Labute approximate surface area is 130 Å². The van der Waals surface area contributed by atoms with Gasteiger partial charge in [0.25, 0.3) is 0 Å². The highest BCUT2D eigenvalue weighted by molar-refractivity contribution is 5.78. The van der Waals surface area contributed by atoms with Crippen molar-refractivity contribution in [2.75, 3.05) is 31.7 Å². The molecule has 22 heavy (non-hydrogen) atoms. The zero-order valence-corrected chi connectivity index (χ0v) is 13.5. The molecule has 0 radical (unpaired) electrons. The highest BCUT2D eigenvalue weighted by atomic mass is 16.5. The van der Waals surface area contributed by atoms with Crippen molar-refractivity contribution in [3.63, 3.8) is 0 Å². The fourth-order valence-corrected chi connectivity index (χ4v) is 3.17. The number of methoxy groups -OCH3 is 1. The predicted octanol–water partition coefficient (Wildman–Crippen LogP) is 3.35. The van der Waals surface area contributed by atoms with E-state index in [9.17, 15) is 4.79 Å². The van der Waals surface area contributed by atoms with Crippen LogP contribution in [0.4, 0.5) is 5.88 Å². The molecule has 0 aliphatic carbocycles. The number of ether oxygens (including phenoxy) is 1. The maximum atomic E-state index is 12.3. The van der Waals surface area contributed by atoms with Crippen molar-refractivity contribution >= 4 is 16.9 Å². The molecule has 1 saturated heterocycles. The number of fused-ring (bicyclic) bond motifs is 1. The van der Waals surface area contributed by atoms with Gasteiger partial charge in [0, 0.05) is 26.3 Å². The number of hydrogen-bond acceptors (Lipinski definition) is 4. The van der Waals surface area contributed by atoms with Gasteiger partial charge >= 0.3 is 0 Å². The Morgan fingerprint density at radius 2 is 2.00 bits per heavy atom. The van der Waals surface area contributed by atoms with E-state index in [1.807, 2.05) is 25.1 Å². The molecule has 0 N–H and O–H groups in total. The normalized spacial score (nSPS) is 17.9. The fourth-order valence-electron chi connectivity index (χ4n) is 3.17. The molecular formula is C18H23NO3. The highest BCUT2D eigenvalue weighted by Gasteiger charge is 2.31. The molecule has 4 nitrogen and oxygen atoms in total. The summed E-state index contributed by atoms with van der Waals surface area (Å²) in [6.07, 6.45) is 2.08. The van der Waals surface area contributed by atoms with Crippen LogP contribution in [0.25, 0.3) is 11.0 Å². The van der Waals surface area contributed by atoms with E-state index in [4.69, 9.17) is 9.15 Å². The number of anilines is 1. The summed E-state index contributed by atoms with van der Waals surface area (Å²) in [5, 5.41) is 0.657. The molecule has 1 aliphatic rings. The first-order chi connectivity index (χ1) is 10.5. The third-order valence-corrected chi connectivity index (χ3v) is 4.64. The van der Waals surface area contributed by atoms with Crippen LogP contribution in [0.5, 0.6) is 0 Å². The topological polar surface area (TPSA) is 42.7 Å². The summed E-state index contributed by atoms with van der Waals surface area (Å²) in [6.45, 7) is 6.80. The monoisotopic (exact) mass is 301 g/mol. The number of rotatable bonds is 3. The lowest BCUT2D eigenvalue weighted by Crippen LogP contribution is -2.41. The number of hydrogen-bond donors (Lipinski definition) is 0. The standard InChI is InChI=1S/C18H23NO3/c1-13-4-5-16-14(10-13)15(20)11-17(22-16)19-8-6-18(2,7-9-19)12-21-3/h4-5,10-11H,6-9,12H2,1-3H3. The van der Waals surface area contributed by atoms with E-state index in [0.717, 1.165) is 38.1 Å². The molecule has 0 saturated carbocycles. The molecule has 1 aromatic heterocycles. The minimum atomic E-state index is 0.0326. The first kappa shape index (κ1) is 15.1. The molecule has 1 fully saturated rings. The molecule has 0 amide bonds. The molecule has 2 aromatic rings. The molecule has 1 aromatic carbocycles. The fraction of sp³-hybridized carbons (Fsp3) is 0.500. The summed E-state index contributed by atoms with van der Waals surface area (Å²) < 4.78 is 11.3. The largest absolute Gasteiger partial charge is 0.440 e. The van der Waals surface area contributed by atoms with Crippen LogP contribution < -0.4 is 10.3 Å². The zero-order chi connectivity index (χ0) is 15.7. The van der Waals surface area contributed by atoms with E-state index < -0.39 is 0 Å². The van der Waals surface area contributed by atoms with Gasteiger partial charge in [-0.2, -0.15) is 0 Å².